The Kier molecular flexibility index (Phi) is 11.3. The summed E-state index contributed by atoms with van der Waals surface area (Å²) in [4.78, 5) is 6.85. The average Bonchev–Trinajstić information content (AvgIpc) is 3.11. The predicted molar refractivity (Wildman–Crippen MR) is 121 cm³/mol. The molecule has 1 atom stereocenters. The van der Waals surface area contributed by atoms with Crippen molar-refractivity contribution < 1.29 is 4.74 Å². The first kappa shape index (κ1) is 23.3. The van der Waals surface area contributed by atoms with E-state index in [1.54, 1.807) is 14.2 Å². The highest BCUT2D eigenvalue weighted by Crippen LogP contribution is 2.22. The Morgan fingerprint density at radius 1 is 1.31 bits per heavy atom. The molecular formula is C19H32ClIN4O. The summed E-state index contributed by atoms with van der Waals surface area (Å²) in [6.45, 7) is 7.66. The summed E-state index contributed by atoms with van der Waals surface area (Å²) in [7, 11) is 3.45. The van der Waals surface area contributed by atoms with E-state index in [1.165, 1.54) is 25.9 Å². The van der Waals surface area contributed by atoms with Crippen LogP contribution in [0, 0.1) is 5.92 Å². The monoisotopic (exact) mass is 494 g/mol. The highest BCUT2D eigenvalue weighted by molar-refractivity contribution is 14.0. The van der Waals surface area contributed by atoms with Crippen LogP contribution in [0.4, 0.5) is 0 Å². The molecular weight excluding hydrogens is 463 g/mol. The summed E-state index contributed by atoms with van der Waals surface area (Å²) in [5, 5.41) is 7.52. The Balaban J connectivity index is 0.00000338. The highest BCUT2D eigenvalue weighted by atomic mass is 127. The maximum atomic E-state index is 6.28. The molecule has 1 aromatic carbocycles. The average molecular weight is 495 g/mol. The number of benzene rings is 1. The molecule has 26 heavy (non-hydrogen) atoms. The van der Waals surface area contributed by atoms with Crippen molar-refractivity contribution in [1.29, 1.82) is 0 Å². The second kappa shape index (κ2) is 12.6. The molecule has 0 bridgehead atoms. The van der Waals surface area contributed by atoms with Crippen molar-refractivity contribution in [3.8, 4) is 5.75 Å². The van der Waals surface area contributed by atoms with Gasteiger partial charge in [-0.1, -0.05) is 24.6 Å². The van der Waals surface area contributed by atoms with Gasteiger partial charge in [0.2, 0.25) is 0 Å². The molecule has 148 valence electrons. The number of halogens is 2. The second-order valence-electron chi connectivity index (χ2n) is 6.70. The third kappa shape index (κ3) is 7.88. The molecule has 7 heteroatoms. The van der Waals surface area contributed by atoms with E-state index in [-0.39, 0.29) is 24.0 Å². The highest BCUT2D eigenvalue weighted by Gasteiger charge is 2.14. The lowest BCUT2D eigenvalue weighted by Gasteiger charge is -2.21. The maximum absolute atomic E-state index is 6.28. The summed E-state index contributed by atoms with van der Waals surface area (Å²) in [5.41, 5.74) is 1.10. The minimum Gasteiger partial charge on any atom is -0.497 e. The zero-order chi connectivity index (χ0) is 18.1. The lowest BCUT2D eigenvalue weighted by Crippen LogP contribution is -2.42. The van der Waals surface area contributed by atoms with E-state index in [0.717, 1.165) is 48.4 Å². The maximum Gasteiger partial charge on any atom is 0.190 e. The number of rotatable bonds is 8. The van der Waals surface area contributed by atoms with E-state index in [1.807, 2.05) is 18.2 Å². The zero-order valence-electron chi connectivity index (χ0n) is 16.1. The van der Waals surface area contributed by atoms with Gasteiger partial charge in [-0.05, 0) is 56.0 Å². The molecule has 0 spiro atoms. The van der Waals surface area contributed by atoms with Crippen molar-refractivity contribution in [1.82, 2.24) is 15.5 Å². The Labute approximate surface area is 179 Å². The molecule has 1 aliphatic heterocycles. The van der Waals surface area contributed by atoms with E-state index in [0.29, 0.717) is 5.92 Å². The fourth-order valence-electron chi connectivity index (χ4n) is 3.14. The van der Waals surface area contributed by atoms with Crippen LogP contribution in [0.15, 0.2) is 23.2 Å². The number of hydrogen-bond acceptors (Lipinski definition) is 3. The summed E-state index contributed by atoms with van der Waals surface area (Å²) in [5.74, 6) is 2.23. The van der Waals surface area contributed by atoms with Crippen LogP contribution in [0.5, 0.6) is 5.75 Å². The minimum absolute atomic E-state index is 0. The largest absolute Gasteiger partial charge is 0.497 e. The molecule has 1 aromatic rings. The van der Waals surface area contributed by atoms with E-state index >= 15 is 0 Å². The number of nitrogens with one attached hydrogen (secondary N) is 2. The fourth-order valence-corrected chi connectivity index (χ4v) is 3.40. The third-order valence-corrected chi connectivity index (χ3v) is 4.91. The van der Waals surface area contributed by atoms with Crippen LogP contribution in [-0.4, -0.2) is 57.7 Å². The molecule has 0 saturated carbocycles. The van der Waals surface area contributed by atoms with Gasteiger partial charge in [-0.25, -0.2) is 0 Å². The molecule has 1 heterocycles. The van der Waals surface area contributed by atoms with E-state index in [9.17, 15) is 0 Å². The van der Waals surface area contributed by atoms with Gasteiger partial charge in [-0.2, -0.15) is 0 Å². The van der Waals surface area contributed by atoms with Crippen LogP contribution in [0.2, 0.25) is 5.02 Å². The fraction of sp³-hybridized carbons (Fsp3) is 0.632. The molecule has 2 rings (SSSR count). The number of hydrogen-bond donors (Lipinski definition) is 2. The van der Waals surface area contributed by atoms with Gasteiger partial charge >= 0.3 is 0 Å². The third-order valence-electron chi connectivity index (χ3n) is 4.56. The minimum atomic E-state index is 0. The lowest BCUT2D eigenvalue weighted by atomic mass is 10.1. The Morgan fingerprint density at radius 2 is 2.04 bits per heavy atom. The lowest BCUT2D eigenvalue weighted by molar-refractivity contribution is 0.287. The Morgan fingerprint density at radius 3 is 2.65 bits per heavy atom. The molecule has 1 saturated heterocycles. The van der Waals surface area contributed by atoms with Gasteiger partial charge < -0.3 is 20.3 Å². The van der Waals surface area contributed by atoms with E-state index < -0.39 is 0 Å². The quantitative estimate of drug-likeness (QED) is 0.330. The van der Waals surface area contributed by atoms with E-state index in [4.69, 9.17) is 16.3 Å². The molecule has 1 unspecified atom stereocenters. The number of guanidine groups is 1. The number of likely N-dealkylation sites (tertiary alicyclic amines) is 1. The van der Waals surface area contributed by atoms with Gasteiger partial charge in [-0.15, -0.1) is 24.0 Å². The van der Waals surface area contributed by atoms with Gasteiger partial charge in [-0.3, -0.25) is 4.99 Å². The number of ether oxygens (including phenoxy) is 1. The van der Waals surface area contributed by atoms with Gasteiger partial charge in [0.05, 0.1) is 7.11 Å². The standard InChI is InChI=1S/C19H31ClN4O.HI/c1-15(14-24-10-4-5-11-24)13-23-19(21-2)22-9-8-16-6-7-17(25-3)12-18(16)20;/h6-7,12,15H,4-5,8-11,13-14H2,1-3H3,(H2,21,22,23);1H. The van der Waals surface area contributed by atoms with Crippen molar-refractivity contribution in [3.63, 3.8) is 0 Å². The predicted octanol–water partition coefficient (Wildman–Crippen LogP) is 3.41. The van der Waals surface area contributed by atoms with Crippen molar-refractivity contribution in [3.05, 3.63) is 28.8 Å². The zero-order valence-corrected chi connectivity index (χ0v) is 19.1. The summed E-state index contributed by atoms with van der Waals surface area (Å²) in [6.07, 6.45) is 3.53. The Hall–Kier alpha value is -0.730. The SMILES string of the molecule is CN=C(NCCc1ccc(OC)cc1Cl)NCC(C)CN1CCCC1.I. The summed E-state index contributed by atoms with van der Waals surface area (Å²) in [6, 6.07) is 5.80. The van der Waals surface area contributed by atoms with Gasteiger partial charge in [0.15, 0.2) is 5.96 Å². The molecule has 5 nitrogen and oxygen atoms in total. The van der Waals surface area contributed by atoms with E-state index in [2.05, 4.69) is 27.4 Å². The van der Waals surface area contributed by atoms with Crippen LogP contribution < -0.4 is 15.4 Å². The van der Waals surface area contributed by atoms with Crippen LogP contribution in [0.1, 0.15) is 25.3 Å². The topological polar surface area (TPSA) is 48.9 Å². The normalized spacial score (nSPS) is 16.1. The second-order valence-corrected chi connectivity index (χ2v) is 7.11. The smallest absolute Gasteiger partial charge is 0.190 e. The molecule has 2 N–H and O–H groups in total. The Bertz CT molecular complexity index is 564. The van der Waals surface area contributed by atoms with Crippen molar-refractivity contribution in [2.45, 2.75) is 26.2 Å². The molecule has 0 aliphatic carbocycles. The van der Waals surface area contributed by atoms with Crippen LogP contribution in [0.3, 0.4) is 0 Å². The van der Waals surface area contributed by atoms with Gasteiger partial charge in [0.1, 0.15) is 5.75 Å². The molecule has 0 radical (unpaired) electrons. The number of methoxy groups -OCH3 is 1. The van der Waals surface area contributed by atoms with Crippen molar-refractivity contribution in [2.75, 3.05) is 46.9 Å². The first-order chi connectivity index (χ1) is 12.1. The van der Waals surface area contributed by atoms with Crippen LogP contribution in [0.25, 0.3) is 0 Å². The molecule has 1 fully saturated rings. The van der Waals surface area contributed by atoms with Crippen LogP contribution >= 0.6 is 35.6 Å². The van der Waals surface area contributed by atoms with Crippen molar-refractivity contribution >= 4 is 41.5 Å². The molecule has 1 aliphatic rings. The first-order valence-corrected chi connectivity index (χ1v) is 9.49. The first-order valence-electron chi connectivity index (χ1n) is 9.11. The number of aliphatic imine (C=N–C) groups is 1. The molecule has 0 amide bonds. The van der Waals surface area contributed by atoms with Gasteiger partial charge in [0, 0.05) is 31.7 Å². The molecule has 0 aromatic heterocycles. The summed E-state index contributed by atoms with van der Waals surface area (Å²) >= 11 is 6.28. The van der Waals surface area contributed by atoms with Crippen LogP contribution in [-0.2, 0) is 6.42 Å². The van der Waals surface area contributed by atoms with Gasteiger partial charge in [0.25, 0.3) is 0 Å². The number of nitrogens with zero attached hydrogens (tertiary/aromatic N) is 2. The summed E-state index contributed by atoms with van der Waals surface area (Å²) < 4.78 is 5.18. The van der Waals surface area contributed by atoms with Crippen molar-refractivity contribution in [2.24, 2.45) is 10.9 Å².